The Bertz CT molecular complexity index is 443. The molecule has 1 aromatic rings. The third-order valence-corrected chi connectivity index (χ3v) is 3.93. The highest BCUT2D eigenvalue weighted by atomic mass is 16.5. The van der Waals surface area contributed by atoms with Gasteiger partial charge in [0.15, 0.2) is 0 Å². The lowest BCUT2D eigenvalue weighted by atomic mass is 9.69. The van der Waals surface area contributed by atoms with Gasteiger partial charge in [-0.15, -0.1) is 0 Å². The van der Waals surface area contributed by atoms with E-state index in [9.17, 15) is 4.79 Å². The van der Waals surface area contributed by atoms with E-state index in [4.69, 9.17) is 4.74 Å². The normalized spacial score (nSPS) is 32.1. The number of carbonyl (C=O) groups is 1. The number of rotatable bonds is 0. The van der Waals surface area contributed by atoms with Crippen molar-refractivity contribution in [3.63, 3.8) is 0 Å². The lowest BCUT2D eigenvalue weighted by molar-refractivity contribution is -0.119. The first-order valence-corrected chi connectivity index (χ1v) is 5.71. The number of hydrogen-bond acceptors (Lipinski definition) is 2. The Balaban J connectivity index is 2.13. The van der Waals surface area contributed by atoms with Crippen molar-refractivity contribution >= 4 is 5.91 Å². The standard InChI is InChI=1S/C13H15NO2/c1-9-7-16-11-5-3-2-4-10(11)13(9)6-12(15)14-8-13/h2-5,9H,6-8H2,1H3,(H,14,15). The lowest BCUT2D eigenvalue weighted by Crippen LogP contribution is -2.42. The number of para-hydroxylation sites is 1. The van der Waals surface area contributed by atoms with Crippen LogP contribution in [0.25, 0.3) is 0 Å². The van der Waals surface area contributed by atoms with Crippen LogP contribution in [0.4, 0.5) is 0 Å². The van der Waals surface area contributed by atoms with Crippen LogP contribution >= 0.6 is 0 Å². The van der Waals surface area contributed by atoms with Gasteiger partial charge in [0.05, 0.1) is 6.61 Å². The fourth-order valence-corrected chi connectivity index (χ4v) is 2.85. The van der Waals surface area contributed by atoms with Crippen LogP contribution in [0.5, 0.6) is 5.75 Å². The van der Waals surface area contributed by atoms with Gasteiger partial charge in [0.2, 0.25) is 5.91 Å². The van der Waals surface area contributed by atoms with Crippen LogP contribution in [0.15, 0.2) is 24.3 Å². The maximum absolute atomic E-state index is 11.5. The van der Waals surface area contributed by atoms with E-state index >= 15 is 0 Å². The molecular weight excluding hydrogens is 202 g/mol. The summed E-state index contributed by atoms with van der Waals surface area (Å²) in [7, 11) is 0. The van der Waals surface area contributed by atoms with E-state index < -0.39 is 0 Å². The van der Waals surface area contributed by atoms with Crippen molar-refractivity contribution in [2.45, 2.75) is 18.8 Å². The Kier molecular flexibility index (Phi) is 1.96. The van der Waals surface area contributed by atoms with Crippen LogP contribution in [0.2, 0.25) is 0 Å². The SMILES string of the molecule is CC1COc2ccccc2C12CNC(=O)C2. The summed E-state index contributed by atoms with van der Waals surface area (Å²) in [6.45, 7) is 3.61. The number of hydrogen-bond donors (Lipinski definition) is 1. The molecule has 0 saturated carbocycles. The van der Waals surface area contributed by atoms with E-state index in [0.717, 1.165) is 12.3 Å². The second-order valence-electron chi connectivity index (χ2n) is 4.82. The summed E-state index contributed by atoms with van der Waals surface area (Å²) in [5.41, 5.74) is 1.14. The zero-order valence-electron chi connectivity index (χ0n) is 9.32. The molecule has 1 N–H and O–H groups in total. The summed E-state index contributed by atoms with van der Waals surface area (Å²) >= 11 is 0. The van der Waals surface area contributed by atoms with E-state index in [1.54, 1.807) is 0 Å². The number of nitrogens with one attached hydrogen (secondary N) is 1. The van der Waals surface area contributed by atoms with Gasteiger partial charge in [-0.1, -0.05) is 25.1 Å². The zero-order valence-corrected chi connectivity index (χ0v) is 9.32. The number of fused-ring (bicyclic) bond motifs is 2. The maximum Gasteiger partial charge on any atom is 0.221 e. The molecule has 3 nitrogen and oxygen atoms in total. The van der Waals surface area contributed by atoms with Crippen molar-refractivity contribution in [2.75, 3.05) is 13.2 Å². The van der Waals surface area contributed by atoms with Crippen LogP contribution in [-0.4, -0.2) is 19.1 Å². The molecular formula is C13H15NO2. The van der Waals surface area contributed by atoms with Crippen LogP contribution in [0.1, 0.15) is 18.9 Å². The van der Waals surface area contributed by atoms with Crippen LogP contribution in [-0.2, 0) is 10.2 Å². The van der Waals surface area contributed by atoms with E-state index in [1.807, 2.05) is 18.2 Å². The second-order valence-corrected chi connectivity index (χ2v) is 4.82. The molecule has 0 aromatic heterocycles. The first kappa shape index (κ1) is 9.70. The Morgan fingerprint density at radius 1 is 1.44 bits per heavy atom. The highest BCUT2D eigenvalue weighted by molar-refractivity contribution is 5.81. The molecule has 1 aromatic carbocycles. The van der Waals surface area contributed by atoms with Gasteiger partial charge in [0.1, 0.15) is 5.75 Å². The third kappa shape index (κ3) is 1.17. The molecule has 2 aliphatic rings. The molecule has 16 heavy (non-hydrogen) atoms. The van der Waals surface area contributed by atoms with Gasteiger partial charge < -0.3 is 10.1 Å². The molecule has 2 aliphatic heterocycles. The molecule has 1 spiro atoms. The Labute approximate surface area is 94.8 Å². The monoisotopic (exact) mass is 217 g/mol. The summed E-state index contributed by atoms with van der Waals surface area (Å²) in [6, 6.07) is 8.08. The highest BCUT2D eigenvalue weighted by Crippen LogP contribution is 2.45. The van der Waals surface area contributed by atoms with Gasteiger partial charge in [-0.25, -0.2) is 0 Å². The van der Waals surface area contributed by atoms with Crippen molar-refractivity contribution < 1.29 is 9.53 Å². The van der Waals surface area contributed by atoms with Crippen molar-refractivity contribution in [1.29, 1.82) is 0 Å². The second kappa shape index (κ2) is 3.24. The number of amides is 1. The van der Waals surface area contributed by atoms with Gasteiger partial charge in [-0.2, -0.15) is 0 Å². The summed E-state index contributed by atoms with van der Waals surface area (Å²) in [5, 5.41) is 2.96. The minimum absolute atomic E-state index is 0.0497. The Morgan fingerprint density at radius 2 is 2.25 bits per heavy atom. The third-order valence-electron chi connectivity index (χ3n) is 3.93. The predicted octanol–water partition coefficient (Wildman–Crippen LogP) is 1.47. The van der Waals surface area contributed by atoms with Crippen molar-refractivity contribution in [3.05, 3.63) is 29.8 Å². The smallest absolute Gasteiger partial charge is 0.221 e. The predicted molar refractivity (Wildman–Crippen MR) is 60.4 cm³/mol. The van der Waals surface area contributed by atoms with Gasteiger partial charge in [0, 0.05) is 29.9 Å². The highest BCUT2D eigenvalue weighted by Gasteiger charge is 2.48. The van der Waals surface area contributed by atoms with Crippen LogP contribution < -0.4 is 10.1 Å². The van der Waals surface area contributed by atoms with Gasteiger partial charge >= 0.3 is 0 Å². The van der Waals surface area contributed by atoms with Crippen molar-refractivity contribution in [1.82, 2.24) is 5.32 Å². The summed E-state index contributed by atoms with van der Waals surface area (Å²) in [6.07, 6.45) is 0.592. The number of ether oxygens (including phenoxy) is 1. The summed E-state index contributed by atoms with van der Waals surface area (Å²) < 4.78 is 5.72. The first-order valence-electron chi connectivity index (χ1n) is 5.71. The fraction of sp³-hybridized carbons (Fsp3) is 0.462. The molecule has 0 radical (unpaired) electrons. The lowest BCUT2D eigenvalue weighted by Gasteiger charge is -2.39. The molecule has 84 valence electrons. The molecule has 2 atom stereocenters. The average Bonchev–Trinajstić information content (AvgIpc) is 2.68. The van der Waals surface area contributed by atoms with Gasteiger partial charge in [0.25, 0.3) is 0 Å². The average molecular weight is 217 g/mol. The van der Waals surface area contributed by atoms with Crippen molar-refractivity contribution in [3.8, 4) is 5.75 Å². The molecule has 2 heterocycles. The molecule has 0 aliphatic carbocycles. The van der Waals surface area contributed by atoms with E-state index in [-0.39, 0.29) is 11.3 Å². The zero-order chi connectivity index (χ0) is 11.2. The molecule has 1 saturated heterocycles. The van der Waals surface area contributed by atoms with Crippen molar-refractivity contribution in [2.24, 2.45) is 5.92 Å². The maximum atomic E-state index is 11.5. The topological polar surface area (TPSA) is 38.3 Å². The summed E-state index contributed by atoms with van der Waals surface area (Å²) in [5.74, 6) is 1.47. The minimum Gasteiger partial charge on any atom is -0.493 e. The summed E-state index contributed by atoms with van der Waals surface area (Å²) in [4.78, 5) is 11.5. The van der Waals surface area contributed by atoms with E-state index in [1.165, 1.54) is 5.56 Å². The quantitative estimate of drug-likeness (QED) is 0.714. The molecule has 2 unspecified atom stereocenters. The molecule has 0 bridgehead atoms. The Hall–Kier alpha value is -1.51. The Morgan fingerprint density at radius 3 is 3.00 bits per heavy atom. The molecule has 1 fully saturated rings. The number of benzene rings is 1. The van der Waals surface area contributed by atoms with E-state index in [0.29, 0.717) is 18.9 Å². The minimum atomic E-state index is -0.0497. The van der Waals surface area contributed by atoms with E-state index in [2.05, 4.69) is 18.3 Å². The number of carbonyl (C=O) groups excluding carboxylic acids is 1. The molecule has 3 rings (SSSR count). The fourth-order valence-electron chi connectivity index (χ4n) is 2.85. The van der Waals surface area contributed by atoms with Crippen LogP contribution in [0, 0.1) is 5.92 Å². The first-order chi connectivity index (χ1) is 7.72. The molecule has 1 amide bonds. The molecule has 3 heteroatoms. The van der Waals surface area contributed by atoms with Gasteiger partial charge in [-0.3, -0.25) is 4.79 Å². The largest absolute Gasteiger partial charge is 0.493 e. The van der Waals surface area contributed by atoms with Crippen LogP contribution in [0.3, 0.4) is 0 Å². The van der Waals surface area contributed by atoms with Gasteiger partial charge in [-0.05, 0) is 6.07 Å².